The molecule has 29 heavy (non-hydrogen) atoms. The van der Waals surface area contributed by atoms with E-state index in [0.29, 0.717) is 11.4 Å². The third-order valence-corrected chi connectivity index (χ3v) is 4.03. The maximum atomic E-state index is 13.8. The Labute approximate surface area is 167 Å². The maximum absolute atomic E-state index is 13.8. The molecule has 0 fully saturated rings. The lowest BCUT2D eigenvalue weighted by molar-refractivity contribution is 0.367. The molecule has 0 saturated carbocycles. The highest BCUT2D eigenvalue weighted by Crippen LogP contribution is 2.24. The van der Waals surface area contributed by atoms with Crippen molar-refractivity contribution in [3.05, 3.63) is 71.2 Å². The summed E-state index contributed by atoms with van der Waals surface area (Å²) in [6, 6.07) is 8.38. The molecular formula is C18H13F5N4OS. The van der Waals surface area contributed by atoms with Gasteiger partial charge in [-0.3, -0.25) is 4.68 Å². The van der Waals surface area contributed by atoms with Gasteiger partial charge in [0.05, 0.1) is 19.2 Å². The van der Waals surface area contributed by atoms with E-state index in [1.165, 1.54) is 19.4 Å². The van der Waals surface area contributed by atoms with Crippen LogP contribution in [0.4, 0.5) is 33.5 Å². The van der Waals surface area contributed by atoms with Crippen molar-refractivity contribution in [2.45, 2.75) is 6.54 Å². The SMILES string of the molecule is COc1cccc(NC(=S)Nc2ccn(Cc3c(F)c(F)c(F)c(F)c3F)n2)c1. The number of hydrogen-bond donors (Lipinski definition) is 2. The largest absolute Gasteiger partial charge is 0.497 e. The molecule has 11 heteroatoms. The first-order valence-corrected chi connectivity index (χ1v) is 8.46. The molecule has 2 aromatic carbocycles. The van der Waals surface area contributed by atoms with E-state index >= 15 is 0 Å². The summed E-state index contributed by atoms with van der Waals surface area (Å²) in [5, 5.41) is 9.77. The predicted molar refractivity (Wildman–Crippen MR) is 100 cm³/mol. The first-order chi connectivity index (χ1) is 13.8. The molecule has 0 aliphatic rings. The summed E-state index contributed by atoms with van der Waals surface area (Å²) in [7, 11) is 1.52. The van der Waals surface area contributed by atoms with Gasteiger partial charge in [0, 0.05) is 24.0 Å². The minimum absolute atomic E-state index is 0.166. The van der Waals surface area contributed by atoms with Gasteiger partial charge in [0.15, 0.2) is 34.2 Å². The molecule has 5 nitrogen and oxygen atoms in total. The molecule has 2 N–H and O–H groups in total. The Bertz CT molecular complexity index is 1040. The van der Waals surface area contributed by atoms with Crippen LogP contribution in [-0.4, -0.2) is 22.0 Å². The van der Waals surface area contributed by atoms with Crippen LogP contribution in [0, 0.1) is 29.1 Å². The number of aromatic nitrogens is 2. The summed E-state index contributed by atoms with van der Waals surface area (Å²) in [5.41, 5.74) is -0.351. The first kappa shape index (κ1) is 20.5. The zero-order valence-corrected chi connectivity index (χ0v) is 15.6. The lowest BCUT2D eigenvalue weighted by atomic mass is 10.1. The zero-order chi connectivity index (χ0) is 21.1. The summed E-state index contributed by atoms with van der Waals surface area (Å²) < 4.78 is 73.4. The Morgan fingerprint density at radius 3 is 2.31 bits per heavy atom. The highest BCUT2D eigenvalue weighted by molar-refractivity contribution is 7.80. The number of nitrogens with one attached hydrogen (secondary N) is 2. The van der Waals surface area contributed by atoms with Crippen LogP contribution in [0.25, 0.3) is 0 Å². The van der Waals surface area contributed by atoms with Gasteiger partial charge in [-0.05, 0) is 24.4 Å². The number of benzene rings is 2. The summed E-state index contributed by atoms with van der Waals surface area (Å²) in [6.07, 6.45) is 1.30. The van der Waals surface area contributed by atoms with Gasteiger partial charge >= 0.3 is 0 Å². The van der Waals surface area contributed by atoms with E-state index in [1.54, 1.807) is 24.3 Å². The van der Waals surface area contributed by atoms with E-state index in [2.05, 4.69) is 15.7 Å². The Morgan fingerprint density at radius 2 is 1.66 bits per heavy atom. The van der Waals surface area contributed by atoms with Crippen molar-refractivity contribution in [1.82, 2.24) is 9.78 Å². The number of nitrogens with zero attached hydrogens (tertiary/aromatic N) is 2. The molecule has 0 bridgehead atoms. The molecule has 3 rings (SSSR count). The van der Waals surface area contributed by atoms with Crippen LogP contribution in [0.1, 0.15) is 5.56 Å². The predicted octanol–water partition coefficient (Wildman–Crippen LogP) is 4.44. The van der Waals surface area contributed by atoms with Gasteiger partial charge in [0.25, 0.3) is 0 Å². The molecule has 0 aliphatic heterocycles. The van der Waals surface area contributed by atoms with Crippen LogP contribution in [0.5, 0.6) is 5.75 Å². The number of thiocarbonyl (C=S) groups is 1. The molecule has 152 valence electrons. The van der Waals surface area contributed by atoms with Gasteiger partial charge in [-0.25, -0.2) is 22.0 Å². The van der Waals surface area contributed by atoms with Gasteiger partial charge in [0.1, 0.15) is 5.75 Å². The second-order valence-electron chi connectivity index (χ2n) is 5.76. The molecule has 0 aliphatic carbocycles. The smallest absolute Gasteiger partial charge is 0.200 e. The van der Waals surface area contributed by atoms with E-state index in [4.69, 9.17) is 17.0 Å². The molecule has 0 unspecified atom stereocenters. The lowest BCUT2D eigenvalue weighted by Crippen LogP contribution is -2.19. The van der Waals surface area contributed by atoms with Crippen LogP contribution in [0.15, 0.2) is 36.5 Å². The van der Waals surface area contributed by atoms with Crippen LogP contribution >= 0.6 is 12.2 Å². The highest BCUT2D eigenvalue weighted by Gasteiger charge is 2.25. The average Bonchev–Trinajstić information content (AvgIpc) is 3.15. The van der Waals surface area contributed by atoms with Crippen molar-refractivity contribution >= 4 is 28.8 Å². The van der Waals surface area contributed by atoms with Crippen LogP contribution < -0.4 is 15.4 Å². The lowest BCUT2D eigenvalue weighted by Gasteiger charge is -2.10. The fourth-order valence-electron chi connectivity index (χ4n) is 2.45. The second-order valence-corrected chi connectivity index (χ2v) is 6.17. The second kappa shape index (κ2) is 8.43. The Kier molecular flexibility index (Phi) is 5.97. The number of rotatable bonds is 5. The van der Waals surface area contributed by atoms with Crippen molar-refractivity contribution in [2.24, 2.45) is 0 Å². The maximum Gasteiger partial charge on any atom is 0.200 e. The molecular weight excluding hydrogens is 415 g/mol. The van der Waals surface area contributed by atoms with E-state index < -0.39 is 41.2 Å². The topological polar surface area (TPSA) is 51.1 Å². The minimum Gasteiger partial charge on any atom is -0.497 e. The zero-order valence-electron chi connectivity index (χ0n) is 14.8. The van der Waals surface area contributed by atoms with Crippen molar-refractivity contribution in [1.29, 1.82) is 0 Å². The molecule has 3 aromatic rings. The van der Waals surface area contributed by atoms with Gasteiger partial charge in [-0.15, -0.1) is 0 Å². The molecule has 1 aromatic heterocycles. The fourth-order valence-corrected chi connectivity index (χ4v) is 2.67. The van der Waals surface area contributed by atoms with Crippen molar-refractivity contribution < 1.29 is 26.7 Å². The van der Waals surface area contributed by atoms with Crippen molar-refractivity contribution in [3.8, 4) is 5.75 Å². The molecule has 0 spiro atoms. The number of hydrogen-bond acceptors (Lipinski definition) is 3. The van der Waals surface area contributed by atoms with Crippen molar-refractivity contribution in [3.63, 3.8) is 0 Å². The van der Waals surface area contributed by atoms with Gasteiger partial charge in [0.2, 0.25) is 5.82 Å². The molecule has 0 atom stereocenters. The van der Waals surface area contributed by atoms with Gasteiger partial charge < -0.3 is 15.4 Å². The number of halogens is 5. The summed E-state index contributed by atoms with van der Waals surface area (Å²) in [6.45, 7) is -0.663. The average molecular weight is 428 g/mol. The van der Waals surface area contributed by atoms with E-state index in [1.807, 2.05) is 0 Å². The minimum atomic E-state index is -2.21. The Hall–Kier alpha value is -3.21. The third kappa shape index (κ3) is 4.45. The number of anilines is 2. The standard InChI is InChI=1S/C18H13F5N4OS/c1-28-10-4-2-3-9(7-10)24-18(29)25-12-5-6-27(26-12)8-11-13(19)15(21)17(23)16(22)14(11)20/h2-7H,8H2,1H3,(H2,24,25,26,29). The van der Waals surface area contributed by atoms with Crippen LogP contribution in [0.3, 0.4) is 0 Å². The van der Waals surface area contributed by atoms with E-state index in [0.717, 1.165) is 4.68 Å². The van der Waals surface area contributed by atoms with Crippen LogP contribution in [-0.2, 0) is 6.54 Å². The molecule has 0 radical (unpaired) electrons. The van der Waals surface area contributed by atoms with Gasteiger partial charge in [-0.2, -0.15) is 5.10 Å². The summed E-state index contributed by atoms with van der Waals surface area (Å²) in [5.74, 6) is -9.20. The molecule has 1 heterocycles. The Morgan fingerprint density at radius 1 is 1.00 bits per heavy atom. The number of ether oxygens (including phenoxy) is 1. The quantitative estimate of drug-likeness (QED) is 0.272. The van der Waals surface area contributed by atoms with E-state index in [-0.39, 0.29) is 10.9 Å². The van der Waals surface area contributed by atoms with Gasteiger partial charge in [-0.1, -0.05) is 6.07 Å². The summed E-state index contributed by atoms with van der Waals surface area (Å²) >= 11 is 5.15. The number of methoxy groups -OCH3 is 1. The normalized spacial score (nSPS) is 10.7. The first-order valence-electron chi connectivity index (χ1n) is 8.06. The monoisotopic (exact) mass is 428 g/mol. The Balaban J connectivity index is 1.71. The van der Waals surface area contributed by atoms with E-state index in [9.17, 15) is 22.0 Å². The summed E-state index contributed by atoms with van der Waals surface area (Å²) in [4.78, 5) is 0. The fraction of sp³-hybridized carbons (Fsp3) is 0.111. The third-order valence-electron chi connectivity index (χ3n) is 3.83. The van der Waals surface area contributed by atoms with Crippen molar-refractivity contribution in [2.75, 3.05) is 17.7 Å². The highest BCUT2D eigenvalue weighted by atomic mass is 32.1. The molecule has 0 saturated heterocycles. The van der Waals surface area contributed by atoms with Crippen LogP contribution in [0.2, 0.25) is 0 Å². The molecule has 0 amide bonds.